The first-order valence-corrected chi connectivity index (χ1v) is 8.98. The molecule has 1 N–H and O–H groups in total. The van der Waals surface area contributed by atoms with Crippen LogP contribution in [0.4, 0.5) is 0 Å². The molecule has 0 radical (unpaired) electrons. The fourth-order valence-electron chi connectivity index (χ4n) is 2.23. The Bertz CT molecular complexity index is 479. The van der Waals surface area contributed by atoms with Gasteiger partial charge in [0.15, 0.2) is 11.5 Å². The highest BCUT2D eigenvalue weighted by atomic mass is 32.2. The second kappa shape index (κ2) is 8.39. The molecule has 0 aromatic heterocycles. The van der Waals surface area contributed by atoms with Crippen molar-refractivity contribution in [3.63, 3.8) is 0 Å². The number of rotatable bonds is 7. The van der Waals surface area contributed by atoms with E-state index in [1.807, 2.05) is 25.2 Å². The minimum absolute atomic E-state index is 0.525. The van der Waals surface area contributed by atoms with Gasteiger partial charge in [-0.15, -0.1) is 0 Å². The zero-order chi connectivity index (χ0) is 15.1. The van der Waals surface area contributed by atoms with Gasteiger partial charge < -0.3 is 14.8 Å². The summed E-state index contributed by atoms with van der Waals surface area (Å²) in [6.45, 7) is 3.50. The largest absolute Gasteiger partial charge is 0.490 e. The van der Waals surface area contributed by atoms with Crippen LogP contribution in [0.15, 0.2) is 23.1 Å². The van der Waals surface area contributed by atoms with Crippen LogP contribution < -0.4 is 14.8 Å². The highest BCUT2D eigenvalue weighted by molar-refractivity contribution is 7.85. The Morgan fingerprint density at radius 3 is 2.76 bits per heavy atom. The molecule has 5 heteroatoms. The van der Waals surface area contributed by atoms with Crippen molar-refractivity contribution < 1.29 is 13.7 Å². The molecule has 0 amide bonds. The molecule has 2 unspecified atom stereocenters. The molecule has 118 valence electrons. The number of benzene rings is 1. The summed E-state index contributed by atoms with van der Waals surface area (Å²) < 4.78 is 23.6. The number of ether oxygens (including phenoxy) is 2. The summed E-state index contributed by atoms with van der Waals surface area (Å²) >= 11 is 0. The molecular formula is C16H25NO3S. The first-order valence-electron chi connectivity index (χ1n) is 7.66. The lowest BCUT2D eigenvalue weighted by atomic mass is 10.1. The average molecular weight is 311 g/mol. The van der Waals surface area contributed by atoms with Gasteiger partial charge >= 0.3 is 0 Å². The summed E-state index contributed by atoms with van der Waals surface area (Å²) in [5.41, 5.74) is 0. The van der Waals surface area contributed by atoms with Crippen molar-refractivity contribution in [2.24, 2.45) is 0 Å². The van der Waals surface area contributed by atoms with Gasteiger partial charge in [-0.05, 0) is 38.9 Å². The molecule has 0 bridgehead atoms. The third kappa shape index (κ3) is 5.00. The quantitative estimate of drug-likeness (QED) is 0.787. The summed E-state index contributed by atoms with van der Waals surface area (Å²) in [4.78, 5) is 0.834. The Labute approximate surface area is 129 Å². The number of hydrogen-bond acceptors (Lipinski definition) is 4. The van der Waals surface area contributed by atoms with Gasteiger partial charge in [-0.25, -0.2) is 0 Å². The number of unbranched alkanes of at least 4 members (excludes halogenated alkanes) is 1. The molecular weight excluding hydrogens is 286 g/mol. The van der Waals surface area contributed by atoms with Gasteiger partial charge in [-0.1, -0.05) is 6.42 Å². The third-order valence-corrected chi connectivity index (χ3v) is 5.13. The molecule has 0 spiro atoms. The van der Waals surface area contributed by atoms with E-state index in [-0.39, 0.29) is 0 Å². The minimum atomic E-state index is -0.960. The summed E-state index contributed by atoms with van der Waals surface area (Å²) in [5.74, 6) is 2.19. The predicted molar refractivity (Wildman–Crippen MR) is 85.7 cm³/mol. The van der Waals surface area contributed by atoms with E-state index in [2.05, 4.69) is 12.2 Å². The van der Waals surface area contributed by atoms with Crippen molar-refractivity contribution >= 4 is 10.8 Å². The van der Waals surface area contributed by atoms with Crippen LogP contribution in [-0.2, 0) is 10.8 Å². The van der Waals surface area contributed by atoms with E-state index in [9.17, 15) is 4.21 Å². The number of fused-ring (bicyclic) bond motifs is 1. The maximum atomic E-state index is 12.3. The molecule has 1 aromatic rings. The van der Waals surface area contributed by atoms with Crippen molar-refractivity contribution in [1.82, 2.24) is 5.32 Å². The molecule has 0 saturated heterocycles. The van der Waals surface area contributed by atoms with Crippen LogP contribution in [0.3, 0.4) is 0 Å². The minimum Gasteiger partial charge on any atom is -0.490 e. The molecule has 0 saturated carbocycles. The van der Waals surface area contributed by atoms with Gasteiger partial charge in [-0.2, -0.15) is 0 Å². The summed E-state index contributed by atoms with van der Waals surface area (Å²) in [7, 11) is 1.01. The molecule has 21 heavy (non-hydrogen) atoms. The van der Waals surface area contributed by atoms with Crippen LogP contribution in [0, 0.1) is 0 Å². The molecule has 0 fully saturated rings. The molecule has 1 aliphatic rings. The molecule has 1 heterocycles. The fourth-order valence-corrected chi connectivity index (χ4v) is 3.39. The van der Waals surface area contributed by atoms with Crippen LogP contribution in [0.1, 0.15) is 32.6 Å². The second-order valence-corrected chi connectivity index (χ2v) is 6.96. The van der Waals surface area contributed by atoms with Gasteiger partial charge in [0, 0.05) is 29.2 Å². The first-order chi connectivity index (χ1) is 10.2. The lowest BCUT2D eigenvalue weighted by Gasteiger charge is -2.10. The Morgan fingerprint density at radius 1 is 1.24 bits per heavy atom. The van der Waals surface area contributed by atoms with E-state index in [0.29, 0.717) is 25.0 Å². The molecule has 2 atom stereocenters. The summed E-state index contributed by atoms with van der Waals surface area (Å²) in [5, 5.41) is 3.22. The van der Waals surface area contributed by atoms with E-state index in [1.54, 1.807) is 0 Å². The number of hydrogen-bond donors (Lipinski definition) is 1. The van der Waals surface area contributed by atoms with Crippen molar-refractivity contribution in [1.29, 1.82) is 0 Å². The highest BCUT2D eigenvalue weighted by Crippen LogP contribution is 2.31. The average Bonchev–Trinajstić information content (AvgIpc) is 2.75. The Hall–Kier alpha value is -1.07. The van der Waals surface area contributed by atoms with E-state index in [1.165, 1.54) is 0 Å². The normalized spacial score (nSPS) is 17.0. The van der Waals surface area contributed by atoms with Gasteiger partial charge in [0.2, 0.25) is 0 Å². The van der Waals surface area contributed by atoms with Crippen molar-refractivity contribution in [3.05, 3.63) is 18.2 Å². The standard InChI is InChI=1S/C16H25NO3S/c1-13(17-2)6-3-4-11-21(18)14-7-8-15-16(12-14)20-10-5-9-19-15/h7-8,12-13,17H,3-6,9-11H2,1-2H3. The van der Waals surface area contributed by atoms with Crippen LogP contribution in [0.5, 0.6) is 11.5 Å². The summed E-state index contributed by atoms with van der Waals surface area (Å²) in [6.07, 6.45) is 4.08. The zero-order valence-corrected chi connectivity index (χ0v) is 13.7. The smallest absolute Gasteiger partial charge is 0.162 e. The molecule has 1 aliphatic heterocycles. The lowest BCUT2D eigenvalue weighted by Crippen LogP contribution is -2.20. The Morgan fingerprint density at radius 2 is 2.00 bits per heavy atom. The third-order valence-electron chi connectivity index (χ3n) is 3.69. The Balaban J connectivity index is 1.86. The second-order valence-electron chi connectivity index (χ2n) is 5.39. The van der Waals surface area contributed by atoms with E-state index < -0.39 is 10.8 Å². The van der Waals surface area contributed by atoms with Crippen LogP contribution in [0.25, 0.3) is 0 Å². The fraction of sp³-hybridized carbons (Fsp3) is 0.625. The molecule has 1 aromatic carbocycles. The van der Waals surface area contributed by atoms with E-state index in [0.717, 1.165) is 42.1 Å². The van der Waals surface area contributed by atoms with Gasteiger partial charge in [0.05, 0.1) is 24.0 Å². The SMILES string of the molecule is CNC(C)CCCCS(=O)c1ccc2c(c1)OCCCO2. The topological polar surface area (TPSA) is 47.6 Å². The lowest BCUT2D eigenvalue weighted by molar-refractivity contribution is 0.297. The first kappa shape index (κ1) is 16.3. The maximum Gasteiger partial charge on any atom is 0.162 e. The predicted octanol–water partition coefficient (Wildman–Crippen LogP) is 2.73. The van der Waals surface area contributed by atoms with Crippen LogP contribution in [0.2, 0.25) is 0 Å². The van der Waals surface area contributed by atoms with Crippen molar-refractivity contribution in [2.75, 3.05) is 26.0 Å². The summed E-state index contributed by atoms with van der Waals surface area (Å²) in [6, 6.07) is 6.15. The molecule has 2 rings (SSSR count). The van der Waals surface area contributed by atoms with E-state index >= 15 is 0 Å². The van der Waals surface area contributed by atoms with Gasteiger partial charge in [0.1, 0.15) is 0 Å². The van der Waals surface area contributed by atoms with Gasteiger partial charge in [0.25, 0.3) is 0 Å². The van der Waals surface area contributed by atoms with Crippen LogP contribution >= 0.6 is 0 Å². The molecule has 0 aliphatic carbocycles. The van der Waals surface area contributed by atoms with Crippen LogP contribution in [-0.4, -0.2) is 36.3 Å². The van der Waals surface area contributed by atoms with Crippen molar-refractivity contribution in [2.45, 2.75) is 43.5 Å². The monoisotopic (exact) mass is 311 g/mol. The number of nitrogens with one attached hydrogen (secondary N) is 1. The zero-order valence-electron chi connectivity index (χ0n) is 12.9. The Kier molecular flexibility index (Phi) is 6.51. The highest BCUT2D eigenvalue weighted by Gasteiger charge is 2.13. The maximum absolute atomic E-state index is 12.3. The molecule has 4 nitrogen and oxygen atoms in total. The van der Waals surface area contributed by atoms with Gasteiger partial charge in [-0.3, -0.25) is 4.21 Å². The van der Waals surface area contributed by atoms with E-state index in [4.69, 9.17) is 9.47 Å². The van der Waals surface area contributed by atoms with Crippen molar-refractivity contribution in [3.8, 4) is 11.5 Å².